The van der Waals surface area contributed by atoms with Gasteiger partial charge in [-0.2, -0.15) is 0 Å². The first-order chi connectivity index (χ1) is 14.4. The van der Waals surface area contributed by atoms with E-state index < -0.39 is 10.0 Å². The van der Waals surface area contributed by atoms with Crippen LogP contribution < -0.4 is 4.72 Å². The summed E-state index contributed by atoms with van der Waals surface area (Å²) >= 11 is 13.4. The molecule has 0 radical (unpaired) electrons. The number of aromatic nitrogens is 1. The fraction of sp³-hybridized carbons (Fsp3) is 0. The summed E-state index contributed by atoms with van der Waals surface area (Å²) in [5.41, 5.74) is 1.32. The van der Waals surface area contributed by atoms with E-state index in [4.69, 9.17) is 27.7 Å². The van der Waals surface area contributed by atoms with Crippen molar-refractivity contribution in [2.75, 3.05) is 4.72 Å². The molecule has 1 N–H and O–H groups in total. The first-order valence-corrected chi connectivity index (χ1v) is 11.8. The number of rotatable bonds is 6. The maximum Gasteiger partial charge on any atom is 0.262 e. The van der Waals surface area contributed by atoms with E-state index in [1.807, 2.05) is 30.3 Å². The van der Waals surface area contributed by atoms with Gasteiger partial charge in [0.25, 0.3) is 10.0 Å². The van der Waals surface area contributed by atoms with Gasteiger partial charge in [-0.25, -0.2) is 8.42 Å². The Bertz CT molecular complexity index is 1280. The molecule has 5 nitrogen and oxygen atoms in total. The molecule has 152 valence electrons. The molecular formula is C21H14Cl2N2O3S2. The standard InChI is InChI=1S/C21H14Cl2N2O3S2/c22-15-11-12-18(17(23)13-15)29-21-20(19(24-28-21)14-7-3-1-4-8-14)25-30(26,27)16-9-5-2-6-10-16/h1-13,25H. The quantitative estimate of drug-likeness (QED) is 0.339. The highest BCUT2D eigenvalue weighted by Crippen LogP contribution is 2.43. The van der Waals surface area contributed by atoms with Crippen LogP contribution in [0.4, 0.5) is 5.69 Å². The molecule has 9 heteroatoms. The second-order valence-corrected chi connectivity index (χ2v) is 9.70. The van der Waals surface area contributed by atoms with Gasteiger partial charge in [0.1, 0.15) is 11.4 Å². The van der Waals surface area contributed by atoms with Gasteiger partial charge >= 0.3 is 0 Å². The lowest BCUT2D eigenvalue weighted by Crippen LogP contribution is -2.13. The monoisotopic (exact) mass is 476 g/mol. The van der Waals surface area contributed by atoms with E-state index >= 15 is 0 Å². The molecular weight excluding hydrogens is 463 g/mol. The molecule has 4 rings (SSSR count). The normalized spacial score (nSPS) is 11.4. The topological polar surface area (TPSA) is 72.2 Å². The van der Waals surface area contributed by atoms with Gasteiger partial charge in [-0.3, -0.25) is 4.72 Å². The highest BCUT2D eigenvalue weighted by Gasteiger charge is 2.25. The minimum Gasteiger partial charge on any atom is -0.347 e. The summed E-state index contributed by atoms with van der Waals surface area (Å²) in [6.45, 7) is 0. The molecule has 0 atom stereocenters. The van der Waals surface area contributed by atoms with Crippen LogP contribution in [-0.2, 0) is 10.0 Å². The van der Waals surface area contributed by atoms with E-state index in [1.165, 1.54) is 12.1 Å². The zero-order valence-corrected chi connectivity index (χ0v) is 18.4. The number of halogens is 2. The zero-order valence-electron chi connectivity index (χ0n) is 15.2. The van der Waals surface area contributed by atoms with Crippen LogP contribution in [0.3, 0.4) is 0 Å². The number of anilines is 1. The number of benzene rings is 3. The van der Waals surface area contributed by atoms with Gasteiger partial charge in [-0.15, -0.1) is 0 Å². The van der Waals surface area contributed by atoms with Crippen LogP contribution in [0.1, 0.15) is 0 Å². The molecule has 0 aliphatic rings. The van der Waals surface area contributed by atoms with Crippen LogP contribution in [0, 0.1) is 0 Å². The van der Waals surface area contributed by atoms with Gasteiger partial charge in [0.2, 0.25) is 5.09 Å². The molecule has 1 aromatic heterocycles. The molecule has 0 saturated carbocycles. The van der Waals surface area contributed by atoms with Crippen LogP contribution in [0.2, 0.25) is 10.0 Å². The van der Waals surface area contributed by atoms with Gasteiger partial charge in [0.05, 0.1) is 9.92 Å². The van der Waals surface area contributed by atoms with Crippen LogP contribution in [0.15, 0.2) is 98.3 Å². The third-order valence-corrected chi connectivity index (χ3v) is 7.16. The van der Waals surface area contributed by atoms with Gasteiger partial charge in [0, 0.05) is 15.5 Å². The van der Waals surface area contributed by atoms with E-state index in [1.54, 1.807) is 36.4 Å². The van der Waals surface area contributed by atoms with Crippen LogP contribution in [0.5, 0.6) is 0 Å². The molecule has 0 aliphatic carbocycles. The van der Waals surface area contributed by atoms with Crippen molar-refractivity contribution >= 4 is 50.7 Å². The molecule has 0 bridgehead atoms. The fourth-order valence-corrected chi connectivity index (χ4v) is 5.18. The lowest BCUT2D eigenvalue weighted by molar-refractivity contribution is 0.353. The fourth-order valence-electron chi connectivity index (χ4n) is 2.68. The Hall–Kier alpha value is -2.45. The van der Waals surface area contributed by atoms with E-state index in [0.717, 1.165) is 11.8 Å². The molecule has 4 aromatic rings. The first kappa shape index (κ1) is 20.8. The predicted molar refractivity (Wildman–Crippen MR) is 120 cm³/mol. The Balaban J connectivity index is 1.79. The van der Waals surface area contributed by atoms with Crippen molar-refractivity contribution in [2.24, 2.45) is 0 Å². The Morgan fingerprint density at radius 3 is 2.23 bits per heavy atom. The number of nitrogens with one attached hydrogen (secondary N) is 1. The van der Waals surface area contributed by atoms with Gasteiger partial charge < -0.3 is 4.52 Å². The molecule has 0 unspecified atom stereocenters. The highest BCUT2D eigenvalue weighted by atomic mass is 35.5. The van der Waals surface area contributed by atoms with E-state index in [0.29, 0.717) is 26.2 Å². The van der Waals surface area contributed by atoms with Gasteiger partial charge in [-0.05, 0) is 42.1 Å². The minimum atomic E-state index is -3.86. The number of hydrogen-bond acceptors (Lipinski definition) is 5. The minimum absolute atomic E-state index is 0.130. The number of nitrogens with zero attached hydrogens (tertiary/aromatic N) is 1. The SMILES string of the molecule is O=S(=O)(Nc1c(-c2ccccc2)noc1Sc1ccc(Cl)cc1Cl)c1ccccc1. The summed E-state index contributed by atoms with van der Waals surface area (Å²) in [6, 6.07) is 22.3. The summed E-state index contributed by atoms with van der Waals surface area (Å²) in [5.74, 6) is 0. The molecule has 30 heavy (non-hydrogen) atoms. The molecule has 0 amide bonds. The van der Waals surface area contributed by atoms with Gasteiger partial charge in [0.15, 0.2) is 0 Å². The third kappa shape index (κ3) is 4.49. The average Bonchev–Trinajstić information content (AvgIpc) is 3.13. The lowest BCUT2D eigenvalue weighted by atomic mass is 10.1. The predicted octanol–water partition coefficient (Wildman–Crippen LogP) is 6.60. The summed E-state index contributed by atoms with van der Waals surface area (Å²) < 4.78 is 34.1. The van der Waals surface area contributed by atoms with Crippen molar-refractivity contribution in [2.45, 2.75) is 14.9 Å². The average molecular weight is 477 g/mol. The number of sulfonamides is 1. The van der Waals surface area contributed by atoms with Crippen molar-refractivity contribution in [3.8, 4) is 11.3 Å². The van der Waals surface area contributed by atoms with E-state index in [9.17, 15) is 8.42 Å². The maximum absolute atomic E-state index is 13.0. The third-order valence-electron chi connectivity index (χ3n) is 4.09. The highest BCUT2D eigenvalue weighted by molar-refractivity contribution is 7.99. The molecule has 3 aromatic carbocycles. The maximum atomic E-state index is 13.0. The summed E-state index contributed by atoms with van der Waals surface area (Å²) in [5, 5.41) is 5.29. The largest absolute Gasteiger partial charge is 0.347 e. The Morgan fingerprint density at radius 1 is 0.900 bits per heavy atom. The van der Waals surface area contributed by atoms with Crippen molar-refractivity contribution in [3.63, 3.8) is 0 Å². The number of hydrogen-bond donors (Lipinski definition) is 1. The van der Waals surface area contributed by atoms with Crippen molar-refractivity contribution in [1.29, 1.82) is 0 Å². The van der Waals surface area contributed by atoms with E-state index in [2.05, 4.69) is 9.88 Å². The Kier molecular flexibility index (Phi) is 6.06. The second kappa shape index (κ2) is 8.73. The van der Waals surface area contributed by atoms with Crippen LogP contribution >= 0.6 is 35.0 Å². The smallest absolute Gasteiger partial charge is 0.262 e. The summed E-state index contributed by atoms with van der Waals surface area (Å²) in [4.78, 5) is 0.780. The Labute approximate surface area is 188 Å². The van der Waals surface area contributed by atoms with Gasteiger partial charge in [-0.1, -0.05) is 76.9 Å². The molecule has 0 aliphatic heterocycles. The van der Waals surface area contributed by atoms with Crippen LogP contribution in [0.25, 0.3) is 11.3 Å². The van der Waals surface area contributed by atoms with Crippen LogP contribution in [-0.4, -0.2) is 13.6 Å². The van der Waals surface area contributed by atoms with E-state index in [-0.39, 0.29) is 15.7 Å². The second-order valence-electron chi connectivity index (χ2n) is 6.16. The van der Waals surface area contributed by atoms with Crippen molar-refractivity contribution < 1.29 is 12.9 Å². The summed E-state index contributed by atoms with van der Waals surface area (Å²) in [7, 11) is -3.86. The van der Waals surface area contributed by atoms with Crippen molar-refractivity contribution in [3.05, 3.63) is 88.9 Å². The summed E-state index contributed by atoms with van der Waals surface area (Å²) in [6.07, 6.45) is 0. The Morgan fingerprint density at radius 2 is 1.57 bits per heavy atom. The molecule has 0 saturated heterocycles. The van der Waals surface area contributed by atoms with Crippen molar-refractivity contribution in [1.82, 2.24) is 5.16 Å². The molecule has 0 fully saturated rings. The first-order valence-electron chi connectivity index (χ1n) is 8.70. The molecule has 0 spiro atoms. The zero-order chi connectivity index (χ0) is 21.1. The lowest BCUT2D eigenvalue weighted by Gasteiger charge is -2.10. The molecule has 1 heterocycles.